The van der Waals surface area contributed by atoms with Crippen molar-refractivity contribution in [1.29, 1.82) is 0 Å². The molecule has 2 nitrogen and oxygen atoms in total. The van der Waals surface area contributed by atoms with E-state index in [4.69, 9.17) is 0 Å². The first-order valence-corrected chi connectivity index (χ1v) is 12.8. The third-order valence-electron chi connectivity index (χ3n) is 6.27. The van der Waals surface area contributed by atoms with Crippen LogP contribution in [0.25, 0.3) is 27.5 Å². The first-order chi connectivity index (χ1) is 16.3. The van der Waals surface area contributed by atoms with Gasteiger partial charge in [0.25, 0.3) is 0 Å². The van der Waals surface area contributed by atoms with Crippen molar-refractivity contribution < 1.29 is 4.57 Å². The molecular formula is C30H22NOP. The molecule has 0 saturated carbocycles. The summed E-state index contributed by atoms with van der Waals surface area (Å²) in [5.41, 5.74) is 3.37. The lowest BCUT2D eigenvalue weighted by Gasteiger charge is -2.20. The highest BCUT2D eigenvalue weighted by atomic mass is 31.2. The number of hydrogen-bond donors (Lipinski definition) is 0. The number of aromatic nitrogens is 1. The first-order valence-electron chi connectivity index (χ1n) is 11.1. The molecule has 0 atom stereocenters. The number of para-hydroxylation sites is 2. The fourth-order valence-corrected chi connectivity index (χ4v) is 7.41. The molecule has 158 valence electrons. The highest BCUT2D eigenvalue weighted by Gasteiger charge is 2.30. The van der Waals surface area contributed by atoms with E-state index in [9.17, 15) is 4.57 Å². The predicted octanol–water partition coefficient (Wildman–Crippen LogP) is 6.42. The van der Waals surface area contributed by atoms with Crippen LogP contribution in [0, 0.1) is 0 Å². The zero-order chi connectivity index (χ0) is 22.3. The monoisotopic (exact) mass is 443 g/mol. The Kier molecular flexibility index (Phi) is 4.75. The van der Waals surface area contributed by atoms with Crippen LogP contribution in [0.5, 0.6) is 0 Å². The molecule has 0 aliphatic carbocycles. The van der Waals surface area contributed by atoms with Gasteiger partial charge in [0.15, 0.2) is 7.14 Å². The number of nitrogens with zero attached hydrogens (tertiary/aromatic N) is 1. The van der Waals surface area contributed by atoms with Crippen molar-refractivity contribution in [2.75, 3.05) is 0 Å². The van der Waals surface area contributed by atoms with Gasteiger partial charge in [-0.1, -0.05) is 97.1 Å². The summed E-state index contributed by atoms with van der Waals surface area (Å²) in [6.07, 6.45) is 0. The van der Waals surface area contributed by atoms with Gasteiger partial charge in [-0.15, -0.1) is 0 Å². The van der Waals surface area contributed by atoms with Crippen LogP contribution in [0.4, 0.5) is 0 Å². The Labute approximate surface area is 193 Å². The lowest BCUT2D eigenvalue weighted by molar-refractivity contribution is 0.592. The Morgan fingerprint density at radius 3 is 1.61 bits per heavy atom. The minimum absolute atomic E-state index is 0.849. The predicted molar refractivity (Wildman–Crippen MR) is 140 cm³/mol. The molecule has 0 N–H and O–H groups in total. The first kappa shape index (κ1) is 19.8. The second kappa shape index (κ2) is 7.92. The van der Waals surface area contributed by atoms with Crippen LogP contribution in [0.15, 0.2) is 133 Å². The van der Waals surface area contributed by atoms with E-state index < -0.39 is 7.14 Å². The molecule has 1 aromatic heterocycles. The Balaban J connectivity index is 1.67. The molecule has 0 unspecified atom stereocenters. The summed E-state index contributed by atoms with van der Waals surface area (Å²) < 4.78 is 17.1. The molecule has 0 radical (unpaired) electrons. The summed E-state index contributed by atoms with van der Waals surface area (Å²) in [4.78, 5) is 0. The Bertz CT molecular complexity index is 1580. The Morgan fingerprint density at radius 2 is 0.970 bits per heavy atom. The summed E-state index contributed by atoms with van der Waals surface area (Å²) in [6, 6.07) is 44.8. The number of fused-ring (bicyclic) bond motifs is 3. The summed E-state index contributed by atoms with van der Waals surface area (Å²) in [5, 5.41) is 4.82. The van der Waals surface area contributed by atoms with Crippen molar-refractivity contribution in [1.82, 2.24) is 4.57 Å². The lowest BCUT2D eigenvalue weighted by Crippen LogP contribution is -2.24. The maximum absolute atomic E-state index is 14.9. The molecule has 0 aliphatic rings. The molecule has 1 heterocycles. The van der Waals surface area contributed by atoms with Gasteiger partial charge in [0, 0.05) is 32.4 Å². The van der Waals surface area contributed by atoms with Gasteiger partial charge in [-0.05, 0) is 36.4 Å². The van der Waals surface area contributed by atoms with E-state index in [-0.39, 0.29) is 0 Å². The summed E-state index contributed by atoms with van der Waals surface area (Å²) in [5.74, 6) is 0. The van der Waals surface area contributed by atoms with Crippen LogP contribution in [-0.4, -0.2) is 4.57 Å². The zero-order valence-electron chi connectivity index (χ0n) is 18.0. The number of hydrogen-bond acceptors (Lipinski definition) is 1. The standard InChI is InChI=1S/C30H22NOP/c32-33(24-14-6-2-7-15-24,25-16-8-3-9-17-25)26-20-21-30-28(22-26)27-18-10-11-19-29(27)31(30)23-12-4-1-5-13-23/h1-22H. The van der Waals surface area contributed by atoms with Crippen LogP contribution >= 0.6 is 7.14 Å². The van der Waals surface area contributed by atoms with E-state index in [1.54, 1.807) is 0 Å². The maximum Gasteiger partial charge on any atom is 0.171 e. The highest BCUT2D eigenvalue weighted by molar-refractivity contribution is 7.85. The highest BCUT2D eigenvalue weighted by Crippen LogP contribution is 2.43. The largest absolute Gasteiger partial charge is 0.309 e. The van der Waals surface area contributed by atoms with Crippen LogP contribution < -0.4 is 15.9 Å². The third kappa shape index (κ3) is 3.15. The van der Waals surface area contributed by atoms with Crippen LogP contribution in [0.3, 0.4) is 0 Å². The van der Waals surface area contributed by atoms with Gasteiger partial charge in [-0.3, -0.25) is 0 Å². The Hall–Kier alpha value is -3.87. The lowest BCUT2D eigenvalue weighted by atomic mass is 10.1. The van der Waals surface area contributed by atoms with Gasteiger partial charge < -0.3 is 9.13 Å². The van der Waals surface area contributed by atoms with Gasteiger partial charge in [-0.2, -0.15) is 0 Å². The van der Waals surface area contributed by atoms with Crippen molar-refractivity contribution in [3.05, 3.63) is 133 Å². The SMILES string of the molecule is O=P(c1ccccc1)(c1ccccc1)c1ccc2c(c1)c1ccccc1n2-c1ccccc1. The van der Waals surface area contributed by atoms with Crippen molar-refractivity contribution in [3.8, 4) is 5.69 Å². The summed E-state index contributed by atoms with van der Waals surface area (Å²) in [7, 11) is -3.03. The van der Waals surface area contributed by atoms with E-state index >= 15 is 0 Å². The molecule has 0 spiro atoms. The molecule has 0 amide bonds. The van der Waals surface area contributed by atoms with E-state index in [0.29, 0.717) is 0 Å². The summed E-state index contributed by atoms with van der Waals surface area (Å²) >= 11 is 0. The fourth-order valence-electron chi connectivity index (χ4n) is 4.74. The molecule has 0 saturated heterocycles. The smallest absolute Gasteiger partial charge is 0.171 e. The second-order valence-electron chi connectivity index (χ2n) is 8.17. The third-order valence-corrected chi connectivity index (χ3v) is 9.33. The van der Waals surface area contributed by atoms with E-state index in [1.807, 2.05) is 72.8 Å². The Morgan fingerprint density at radius 1 is 0.455 bits per heavy atom. The quantitative estimate of drug-likeness (QED) is 0.288. The van der Waals surface area contributed by atoms with Crippen LogP contribution in [-0.2, 0) is 4.57 Å². The van der Waals surface area contributed by atoms with E-state index in [0.717, 1.165) is 43.4 Å². The average molecular weight is 443 g/mol. The van der Waals surface area contributed by atoms with E-state index in [1.165, 1.54) is 0 Å². The second-order valence-corrected chi connectivity index (χ2v) is 10.9. The van der Waals surface area contributed by atoms with E-state index in [2.05, 4.69) is 65.2 Å². The molecule has 5 aromatic carbocycles. The molecule has 3 heteroatoms. The van der Waals surface area contributed by atoms with Crippen molar-refractivity contribution >= 4 is 44.9 Å². The minimum atomic E-state index is -3.03. The number of benzene rings is 5. The minimum Gasteiger partial charge on any atom is -0.309 e. The van der Waals surface area contributed by atoms with Crippen molar-refractivity contribution in [2.45, 2.75) is 0 Å². The van der Waals surface area contributed by atoms with Crippen LogP contribution in [0.2, 0.25) is 0 Å². The van der Waals surface area contributed by atoms with Gasteiger partial charge in [0.1, 0.15) is 0 Å². The molecule has 0 aliphatic heterocycles. The van der Waals surface area contributed by atoms with Gasteiger partial charge in [0.2, 0.25) is 0 Å². The normalized spacial score (nSPS) is 11.8. The summed E-state index contributed by atoms with van der Waals surface area (Å²) in [6.45, 7) is 0. The zero-order valence-corrected chi connectivity index (χ0v) is 18.9. The van der Waals surface area contributed by atoms with Crippen molar-refractivity contribution in [3.63, 3.8) is 0 Å². The number of rotatable bonds is 4. The average Bonchev–Trinajstić information content (AvgIpc) is 3.23. The molecule has 6 aromatic rings. The molecule has 0 bridgehead atoms. The molecule has 6 rings (SSSR count). The van der Waals surface area contributed by atoms with Crippen molar-refractivity contribution in [2.24, 2.45) is 0 Å². The van der Waals surface area contributed by atoms with Gasteiger partial charge in [-0.25, -0.2) is 0 Å². The van der Waals surface area contributed by atoms with Crippen LogP contribution in [0.1, 0.15) is 0 Å². The fraction of sp³-hybridized carbons (Fsp3) is 0. The molecule has 33 heavy (non-hydrogen) atoms. The molecule has 0 fully saturated rings. The molecular weight excluding hydrogens is 421 g/mol. The maximum atomic E-state index is 14.9. The van der Waals surface area contributed by atoms with Gasteiger partial charge in [0.05, 0.1) is 11.0 Å². The topological polar surface area (TPSA) is 22.0 Å². The van der Waals surface area contributed by atoms with Gasteiger partial charge >= 0.3 is 0 Å².